The zero-order chi connectivity index (χ0) is 18.9. The van der Waals surface area contributed by atoms with Gasteiger partial charge in [0.15, 0.2) is 0 Å². The summed E-state index contributed by atoms with van der Waals surface area (Å²) in [5.74, 6) is 0.871. The number of imidazole rings is 1. The van der Waals surface area contributed by atoms with E-state index < -0.39 is 0 Å². The van der Waals surface area contributed by atoms with E-state index in [0.29, 0.717) is 25.3 Å². The molecule has 1 N–H and O–H groups in total. The van der Waals surface area contributed by atoms with Gasteiger partial charge in [0.05, 0.1) is 23.9 Å². The lowest BCUT2D eigenvalue weighted by atomic mass is 10.0. The molecule has 5 heteroatoms. The molecule has 1 aliphatic rings. The van der Waals surface area contributed by atoms with Crippen molar-refractivity contribution in [2.45, 2.75) is 6.54 Å². The van der Waals surface area contributed by atoms with E-state index >= 15 is 0 Å². The minimum absolute atomic E-state index is 0.0290. The number of aromatic amines is 1. The summed E-state index contributed by atoms with van der Waals surface area (Å²) >= 11 is 0. The summed E-state index contributed by atoms with van der Waals surface area (Å²) in [4.78, 5) is 22.2. The maximum atomic E-state index is 12.9. The van der Waals surface area contributed by atoms with Crippen molar-refractivity contribution in [3.05, 3.63) is 84.2 Å². The summed E-state index contributed by atoms with van der Waals surface area (Å²) in [6.07, 6.45) is 1.70. The number of aromatic nitrogens is 2. The van der Waals surface area contributed by atoms with E-state index in [2.05, 4.69) is 34.2 Å². The van der Waals surface area contributed by atoms with Crippen LogP contribution in [0.3, 0.4) is 0 Å². The lowest BCUT2D eigenvalue weighted by Gasteiger charge is -2.20. The minimum atomic E-state index is 0.0290. The molecule has 3 aromatic carbocycles. The van der Waals surface area contributed by atoms with Crippen LogP contribution in [-0.2, 0) is 6.54 Å². The Morgan fingerprint density at radius 2 is 1.82 bits per heavy atom. The Morgan fingerprint density at radius 3 is 2.71 bits per heavy atom. The normalized spacial score (nSPS) is 13.6. The lowest BCUT2D eigenvalue weighted by Crippen LogP contribution is -2.32. The number of benzene rings is 3. The van der Waals surface area contributed by atoms with Crippen molar-refractivity contribution in [2.75, 3.05) is 13.2 Å². The zero-order valence-electron chi connectivity index (χ0n) is 15.3. The van der Waals surface area contributed by atoms with Crippen LogP contribution >= 0.6 is 0 Å². The molecule has 1 aliphatic heterocycles. The maximum Gasteiger partial charge on any atom is 0.254 e. The van der Waals surface area contributed by atoms with Gasteiger partial charge in [0, 0.05) is 17.7 Å². The molecule has 0 saturated carbocycles. The summed E-state index contributed by atoms with van der Waals surface area (Å²) in [5.41, 5.74) is 5.86. The molecule has 5 nitrogen and oxygen atoms in total. The van der Waals surface area contributed by atoms with E-state index in [1.807, 2.05) is 47.4 Å². The molecule has 28 heavy (non-hydrogen) atoms. The second-order valence-electron chi connectivity index (χ2n) is 6.90. The molecule has 1 amide bonds. The molecule has 0 saturated heterocycles. The van der Waals surface area contributed by atoms with Gasteiger partial charge in [0.25, 0.3) is 5.91 Å². The Hall–Kier alpha value is -3.60. The molecule has 0 radical (unpaired) electrons. The first-order chi connectivity index (χ1) is 13.8. The first-order valence-corrected chi connectivity index (χ1v) is 9.31. The smallest absolute Gasteiger partial charge is 0.254 e. The highest BCUT2D eigenvalue weighted by Gasteiger charge is 2.21. The Morgan fingerprint density at radius 1 is 1.00 bits per heavy atom. The molecule has 0 aliphatic carbocycles. The van der Waals surface area contributed by atoms with Gasteiger partial charge in [-0.2, -0.15) is 0 Å². The van der Waals surface area contributed by atoms with E-state index in [1.165, 1.54) is 0 Å². The number of carbonyl (C=O) groups excluding carboxylic acids is 1. The molecule has 2 heterocycles. The molecular weight excluding hydrogens is 350 g/mol. The number of H-pyrrole nitrogens is 1. The molecule has 1 aromatic heterocycles. The van der Waals surface area contributed by atoms with Crippen molar-refractivity contribution in [1.29, 1.82) is 0 Å². The van der Waals surface area contributed by atoms with Crippen LogP contribution in [0.1, 0.15) is 15.9 Å². The Kier molecular flexibility index (Phi) is 4.05. The molecule has 138 valence electrons. The van der Waals surface area contributed by atoms with Crippen LogP contribution in [-0.4, -0.2) is 33.9 Å². The van der Waals surface area contributed by atoms with E-state index in [-0.39, 0.29) is 5.91 Å². The molecule has 0 spiro atoms. The second-order valence-corrected chi connectivity index (χ2v) is 6.90. The van der Waals surface area contributed by atoms with E-state index in [0.717, 1.165) is 33.5 Å². The SMILES string of the molecule is O=C(c1ccccc1)N1CCOc2ccc(-c3ccc4nc[nH]c4c3)cc2C1. The fourth-order valence-electron chi connectivity index (χ4n) is 3.63. The van der Waals surface area contributed by atoms with Crippen molar-refractivity contribution in [1.82, 2.24) is 14.9 Å². The highest BCUT2D eigenvalue weighted by atomic mass is 16.5. The number of nitrogens with zero attached hydrogens (tertiary/aromatic N) is 2. The van der Waals surface area contributed by atoms with Crippen LogP contribution in [0.25, 0.3) is 22.2 Å². The Balaban J connectivity index is 1.48. The largest absolute Gasteiger partial charge is 0.491 e. The molecule has 0 atom stereocenters. The highest BCUT2D eigenvalue weighted by molar-refractivity contribution is 5.94. The van der Waals surface area contributed by atoms with Crippen LogP contribution in [0, 0.1) is 0 Å². The predicted octanol–water partition coefficient (Wildman–Crippen LogP) is 4.26. The third kappa shape index (κ3) is 3.01. The van der Waals surface area contributed by atoms with Crippen LogP contribution < -0.4 is 4.74 Å². The van der Waals surface area contributed by atoms with Crippen molar-refractivity contribution >= 4 is 16.9 Å². The van der Waals surface area contributed by atoms with Gasteiger partial charge in [-0.1, -0.05) is 30.3 Å². The molecule has 0 unspecified atom stereocenters. The zero-order valence-corrected chi connectivity index (χ0v) is 15.3. The van der Waals surface area contributed by atoms with Gasteiger partial charge in [-0.15, -0.1) is 0 Å². The third-order valence-electron chi connectivity index (χ3n) is 5.10. The molecule has 4 aromatic rings. The number of hydrogen-bond acceptors (Lipinski definition) is 3. The first-order valence-electron chi connectivity index (χ1n) is 9.31. The average Bonchev–Trinajstić information content (AvgIpc) is 3.11. The number of carbonyl (C=O) groups is 1. The fraction of sp³-hybridized carbons (Fsp3) is 0.130. The molecule has 0 bridgehead atoms. The van der Waals surface area contributed by atoms with Crippen LogP contribution in [0.4, 0.5) is 0 Å². The minimum Gasteiger partial charge on any atom is -0.491 e. The van der Waals surface area contributed by atoms with Crippen LogP contribution in [0.2, 0.25) is 0 Å². The maximum absolute atomic E-state index is 12.9. The summed E-state index contributed by atoms with van der Waals surface area (Å²) in [6.45, 7) is 1.59. The quantitative estimate of drug-likeness (QED) is 0.574. The number of amides is 1. The molecular formula is C23H19N3O2. The van der Waals surface area contributed by atoms with Crippen molar-refractivity contribution in [3.8, 4) is 16.9 Å². The van der Waals surface area contributed by atoms with Gasteiger partial charge >= 0.3 is 0 Å². The third-order valence-corrected chi connectivity index (χ3v) is 5.10. The second kappa shape index (κ2) is 6.85. The van der Waals surface area contributed by atoms with E-state index in [4.69, 9.17) is 4.74 Å². The van der Waals surface area contributed by atoms with Gasteiger partial charge in [0.2, 0.25) is 0 Å². The first kappa shape index (κ1) is 16.6. The summed E-state index contributed by atoms with van der Waals surface area (Å²) in [6, 6.07) is 21.7. The lowest BCUT2D eigenvalue weighted by molar-refractivity contribution is 0.0733. The summed E-state index contributed by atoms with van der Waals surface area (Å²) < 4.78 is 5.90. The van der Waals surface area contributed by atoms with Crippen LogP contribution in [0.5, 0.6) is 5.75 Å². The van der Waals surface area contributed by atoms with Gasteiger partial charge in [-0.3, -0.25) is 4.79 Å². The molecule has 0 fully saturated rings. The average molecular weight is 369 g/mol. The van der Waals surface area contributed by atoms with Gasteiger partial charge in [-0.25, -0.2) is 4.98 Å². The fourth-order valence-corrected chi connectivity index (χ4v) is 3.63. The summed E-state index contributed by atoms with van der Waals surface area (Å²) in [7, 11) is 0. The van der Waals surface area contributed by atoms with E-state index in [9.17, 15) is 4.79 Å². The van der Waals surface area contributed by atoms with E-state index in [1.54, 1.807) is 6.33 Å². The number of rotatable bonds is 2. The number of fused-ring (bicyclic) bond motifs is 2. The van der Waals surface area contributed by atoms with Crippen molar-refractivity contribution < 1.29 is 9.53 Å². The van der Waals surface area contributed by atoms with Gasteiger partial charge in [-0.05, 0) is 47.5 Å². The molecule has 5 rings (SSSR count). The van der Waals surface area contributed by atoms with Crippen molar-refractivity contribution in [3.63, 3.8) is 0 Å². The number of ether oxygens (including phenoxy) is 1. The van der Waals surface area contributed by atoms with Crippen LogP contribution in [0.15, 0.2) is 73.1 Å². The van der Waals surface area contributed by atoms with Gasteiger partial charge in [0.1, 0.15) is 12.4 Å². The van der Waals surface area contributed by atoms with Crippen molar-refractivity contribution in [2.24, 2.45) is 0 Å². The topological polar surface area (TPSA) is 58.2 Å². The standard InChI is InChI=1S/C23H19N3O2/c27-23(16-4-2-1-3-5-16)26-10-11-28-22-9-7-17(12-19(22)14-26)18-6-8-20-21(13-18)25-15-24-20/h1-9,12-13,15H,10-11,14H2,(H,24,25). The highest BCUT2D eigenvalue weighted by Crippen LogP contribution is 2.30. The monoisotopic (exact) mass is 369 g/mol. The predicted molar refractivity (Wildman–Crippen MR) is 108 cm³/mol. The number of nitrogens with one attached hydrogen (secondary N) is 1. The Bertz CT molecular complexity index is 1150. The summed E-state index contributed by atoms with van der Waals surface area (Å²) in [5, 5.41) is 0. The Labute approximate surface area is 162 Å². The number of hydrogen-bond donors (Lipinski definition) is 1. The van der Waals surface area contributed by atoms with Gasteiger partial charge < -0.3 is 14.6 Å².